The number of rotatable bonds is 6. The van der Waals surface area contributed by atoms with Gasteiger partial charge in [0.1, 0.15) is 11.5 Å². The Morgan fingerprint density at radius 1 is 1.26 bits per heavy atom. The first-order valence-electron chi connectivity index (χ1n) is 6.82. The first-order valence-corrected chi connectivity index (χ1v) is 6.82. The van der Waals surface area contributed by atoms with Crippen LogP contribution in [-0.4, -0.2) is 44.3 Å². The predicted molar refractivity (Wildman–Crippen MR) is 69.8 cm³/mol. The molecule has 0 spiro atoms. The van der Waals surface area contributed by atoms with Crippen molar-refractivity contribution in [3.63, 3.8) is 0 Å². The fourth-order valence-corrected chi connectivity index (χ4v) is 2.45. The van der Waals surface area contributed by atoms with Gasteiger partial charge in [-0.3, -0.25) is 9.59 Å². The van der Waals surface area contributed by atoms with Gasteiger partial charge >= 0.3 is 5.97 Å². The summed E-state index contributed by atoms with van der Waals surface area (Å²) >= 11 is 0. The highest BCUT2D eigenvalue weighted by Crippen LogP contribution is 2.31. The van der Waals surface area contributed by atoms with Crippen LogP contribution in [0.15, 0.2) is 0 Å². The third kappa shape index (κ3) is 3.54. The zero-order chi connectivity index (χ0) is 14.5. The van der Waals surface area contributed by atoms with Crippen molar-refractivity contribution in [2.75, 3.05) is 26.9 Å². The minimum Gasteiger partial charge on any atom is -0.465 e. The van der Waals surface area contributed by atoms with Crippen LogP contribution in [0.4, 0.5) is 0 Å². The molecule has 0 aromatic rings. The number of esters is 1. The van der Waals surface area contributed by atoms with Gasteiger partial charge in [0.2, 0.25) is 0 Å². The quantitative estimate of drug-likeness (QED) is 0.543. The van der Waals surface area contributed by atoms with Gasteiger partial charge in [-0.15, -0.1) is 0 Å². The van der Waals surface area contributed by atoms with Gasteiger partial charge in [-0.25, -0.2) is 0 Å². The molecule has 0 aromatic carbocycles. The van der Waals surface area contributed by atoms with Gasteiger partial charge in [-0.05, 0) is 12.8 Å². The zero-order valence-electron chi connectivity index (χ0n) is 12.2. The maximum absolute atomic E-state index is 12.7. The summed E-state index contributed by atoms with van der Waals surface area (Å²) in [6.07, 6.45) is 0.982. The number of Topliss-reactive ketones (excluding diaryl/α,β-unsaturated/α-hetero) is 1. The molecule has 0 amide bonds. The summed E-state index contributed by atoms with van der Waals surface area (Å²) in [6, 6.07) is 0. The minimum absolute atomic E-state index is 0.110. The lowest BCUT2D eigenvalue weighted by Gasteiger charge is -2.37. The molecule has 0 radical (unpaired) electrons. The van der Waals surface area contributed by atoms with Crippen LogP contribution in [0.3, 0.4) is 0 Å². The largest absolute Gasteiger partial charge is 0.465 e. The first-order chi connectivity index (χ1) is 8.98. The second kappa shape index (κ2) is 7.01. The van der Waals surface area contributed by atoms with Gasteiger partial charge in [0.05, 0.1) is 6.61 Å². The van der Waals surface area contributed by atoms with Crippen LogP contribution in [-0.2, 0) is 23.8 Å². The smallest absolute Gasteiger partial charge is 0.316 e. The Hall–Kier alpha value is -0.940. The Balaban J connectivity index is 2.94. The van der Waals surface area contributed by atoms with Gasteiger partial charge in [-0.1, -0.05) is 13.8 Å². The molecule has 110 valence electrons. The topological polar surface area (TPSA) is 61.8 Å². The lowest BCUT2D eigenvalue weighted by molar-refractivity contribution is -0.168. The number of carbonyl (C=O) groups is 2. The van der Waals surface area contributed by atoms with Crippen LogP contribution >= 0.6 is 0 Å². The van der Waals surface area contributed by atoms with E-state index in [1.54, 1.807) is 6.92 Å². The lowest BCUT2D eigenvalue weighted by Crippen LogP contribution is -2.51. The van der Waals surface area contributed by atoms with E-state index in [1.165, 1.54) is 7.11 Å². The number of hydrogen-bond acceptors (Lipinski definition) is 5. The molecule has 1 saturated heterocycles. The highest BCUT2D eigenvalue weighted by Gasteiger charge is 2.47. The molecular formula is C14H24O5. The number of ketones is 1. The number of methoxy groups -OCH3 is 1. The van der Waals surface area contributed by atoms with Crippen molar-refractivity contribution in [3.8, 4) is 0 Å². The Kier molecular flexibility index (Phi) is 5.94. The molecule has 0 aliphatic carbocycles. The van der Waals surface area contributed by atoms with Crippen LogP contribution in [0.5, 0.6) is 0 Å². The van der Waals surface area contributed by atoms with E-state index in [9.17, 15) is 9.59 Å². The SMILES string of the molecule is CCOC(=O)C(C(=O)C1(OC)CCOCC1)C(C)C. The number of hydrogen-bond donors (Lipinski definition) is 0. The fourth-order valence-electron chi connectivity index (χ4n) is 2.45. The molecule has 0 bridgehead atoms. The molecular weight excluding hydrogens is 248 g/mol. The van der Waals surface area contributed by atoms with E-state index in [0.717, 1.165) is 0 Å². The van der Waals surface area contributed by atoms with Gasteiger partial charge in [-0.2, -0.15) is 0 Å². The number of ether oxygens (including phenoxy) is 3. The standard InChI is InChI=1S/C14H24O5/c1-5-19-13(16)11(10(2)3)12(15)14(17-4)6-8-18-9-7-14/h10-11H,5-9H2,1-4H3. The van der Waals surface area contributed by atoms with Crippen LogP contribution in [0, 0.1) is 11.8 Å². The molecule has 5 heteroatoms. The van der Waals surface area contributed by atoms with Crippen molar-refractivity contribution in [1.82, 2.24) is 0 Å². The second-order valence-corrected chi connectivity index (χ2v) is 5.15. The van der Waals surface area contributed by atoms with Crippen LogP contribution in [0.2, 0.25) is 0 Å². The molecule has 0 aromatic heterocycles. The third-order valence-electron chi connectivity index (χ3n) is 3.63. The molecule has 0 saturated carbocycles. The van der Waals surface area contributed by atoms with Crippen molar-refractivity contribution in [2.24, 2.45) is 11.8 Å². The average Bonchev–Trinajstić information content (AvgIpc) is 2.39. The van der Waals surface area contributed by atoms with E-state index in [2.05, 4.69) is 0 Å². The summed E-state index contributed by atoms with van der Waals surface area (Å²) in [6.45, 7) is 6.67. The van der Waals surface area contributed by atoms with Gasteiger partial charge in [0.15, 0.2) is 5.78 Å². The fraction of sp³-hybridized carbons (Fsp3) is 0.857. The molecule has 1 aliphatic rings. The van der Waals surface area contributed by atoms with E-state index in [1.807, 2.05) is 13.8 Å². The molecule has 19 heavy (non-hydrogen) atoms. The van der Waals surface area contributed by atoms with E-state index < -0.39 is 17.5 Å². The minimum atomic E-state index is -0.903. The van der Waals surface area contributed by atoms with Crippen molar-refractivity contribution < 1.29 is 23.8 Å². The summed E-state index contributed by atoms with van der Waals surface area (Å²) in [5.41, 5.74) is -0.903. The lowest BCUT2D eigenvalue weighted by atomic mass is 9.78. The predicted octanol–water partition coefficient (Wildman–Crippen LogP) is 1.59. The van der Waals surface area contributed by atoms with Crippen LogP contribution in [0.1, 0.15) is 33.6 Å². The first kappa shape index (κ1) is 16.1. The molecule has 1 heterocycles. The molecule has 0 N–H and O–H groups in total. The van der Waals surface area contributed by atoms with E-state index in [-0.39, 0.29) is 18.3 Å². The summed E-state index contributed by atoms with van der Waals surface area (Å²) in [4.78, 5) is 24.7. The van der Waals surface area contributed by atoms with Crippen molar-refractivity contribution in [3.05, 3.63) is 0 Å². The molecule has 1 rings (SSSR count). The third-order valence-corrected chi connectivity index (χ3v) is 3.63. The van der Waals surface area contributed by atoms with E-state index >= 15 is 0 Å². The monoisotopic (exact) mass is 272 g/mol. The Bertz CT molecular complexity index is 318. The Morgan fingerprint density at radius 2 is 1.84 bits per heavy atom. The van der Waals surface area contributed by atoms with Crippen molar-refractivity contribution >= 4 is 11.8 Å². The summed E-state index contributed by atoms with van der Waals surface area (Å²) in [5, 5.41) is 0. The molecule has 1 atom stereocenters. The van der Waals surface area contributed by atoms with Gasteiger partial charge in [0.25, 0.3) is 0 Å². The van der Waals surface area contributed by atoms with Gasteiger partial charge in [0, 0.05) is 33.2 Å². The van der Waals surface area contributed by atoms with E-state index in [0.29, 0.717) is 26.1 Å². The van der Waals surface area contributed by atoms with Crippen molar-refractivity contribution in [2.45, 2.75) is 39.2 Å². The van der Waals surface area contributed by atoms with E-state index in [4.69, 9.17) is 14.2 Å². The summed E-state index contributed by atoms with van der Waals surface area (Å²) in [7, 11) is 1.52. The molecule has 1 fully saturated rings. The average molecular weight is 272 g/mol. The zero-order valence-corrected chi connectivity index (χ0v) is 12.2. The summed E-state index contributed by atoms with van der Waals surface area (Å²) in [5.74, 6) is -1.50. The van der Waals surface area contributed by atoms with Crippen LogP contribution in [0.25, 0.3) is 0 Å². The molecule has 1 aliphatic heterocycles. The van der Waals surface area contributed by atoms with Crippen molar-refractivity contribution in [1.29, 1.82) is 0 Å². The highest BCUT2D eigenvalue weighted by molar-refractivity contribution is 6.03. The Labute approximate surface area is 114 Å². The normalized spacial score (nSPS) is 20.1. The van der Waals surface area contributed by atoms with Gasteiger partial charge < -0.3 is 14.2 Å². The highest BCUT2D eigenvalue weighted by atomic mass is 16.5. The maximum Gasteiger partial charge on any atom is 0.316 e. The second-order valence-electron chi connectivity index (χ2n) is 5.15. The maximum atomic E-state index is 12.7. The van der Waals surface area contributed by atoms with Crippen LogP contribution < -0.4 is 0 Å². The number of carbonyl (C=O) groups excluding carboxylic acids is 2. The summed E-state index contributed by atoms with van der Waals surface area (Å²) < 4.78 is 15.8. The molecule has 1 unspecified atom stereocenters. The Morgan fingerprint density at radius 3 is 2.26 bits per heavy atom. The molecule has 5 nitrogen and oxygen atoms in total.